The second-order valence-electron chi connectivity index (χ2n) is 17.0. The lowest BCUT2D eigenvalue weighted by Gasteiger charge is -2.55. The van der Waals surface area contributed by atoms with Crippen molar-refractivity contribution in [1.82, 2.24) is 19.7 Å². The van der Waals surface area contributed by atoms with Gasteiger partial charge in [0.2, 0.25) is 5.91 Å². The third-order valence-corrected chi connectivity index (χ3v) is 12.4. The average molecular weight is 682 g/mol. The summed E-state index contributed by atoms with van der Waals surface area (Å²) in [6.07, 6.45) is 15.1. The molecule has 3 heterocycles. The Balaban J connectivity index is 1.10. The first kappa shape index (κ1) is 34.6. The fraction of sp³-hybridized carbons (Fsp3) is 0.610. The zero-order valence-corrected chi connectivity index (χ0v) is 30.9. The van der Waals surface area contributed by atoms with Gasteiger partial charge in [0.15, 0.2) is 0 Å². The first-order chi connectivity index (χ1) is 23.9. The Bertz CT molecular complexity index is 1690. The summed E-state index contributed by atoms with van der Waals surface area (Å²) in [7, 11) is 1.74. The minimum atomic E-state index is -0.201. The van der Waals surface area contributed by atoms with Crippen LogP contribution in [0.2, 0.25) is 0 Å². The van der Waals surface area contributed by atoms with E-state index < -0.39 is 0 Å². The van der Waals surface area contributed by atoms with Crippen molar-refractivity contribution in [2.24, 2.45) is 17.3 Å². The van der Waals surface area contributed by atoms with E-state index in [1.54, 1.807) is 12.0 Å². The number of rotatable bonds is 8. The Labute approximate surface area is 297 Å². The van der Waals surface area contributed by atoms with Crippen LogP contribution in [0.4, 0.5) is 10.5 Å². The Morgan fingerprint density at radius 1 is 0.980 bits per heavy atom. The molecule has 1 saturated heterocycles. The van der Waals surface area contributed by atoms with Crippen molar-refractivity contribution in [1.29, 1.82) is 0 Å². The number of nitrogens with zero attached hydrogens (tertiary/aromatic N) is 5. The van der Waals surface area contributed by atoms with Gasteiger partial charge >= 0.3 is 6.09 Å². The molecule has 5 aliphatic rings. The molecule has 0 atom stereocenters. The normalized spacial score (nSPS) is 26.7. The van der Waals surface area contributed by atoms with Gasteiger partial charge in [0.1, 0.15) is 11.9 Å². The van der Waals surface area contributed by atoms with Gasteiger partial charge < -0.3 is 19.3 Å². The van der Waals surface area contributed by atoms with E-state index in [1.807, 2.05) is 29.3 Å². The fourth-order valence-corrected chi connectivity index (χ4v) is 9.05. The monoisotopic (exact) mass is 681 g/mol. The Morgan fingerprint density at radius 3 is 2.28 bits per heavy atom. The van der Waals surface area contributed by atoms with Crippen LogP contribution in [0.3, 0.4) is 0 Å². The lowest BCUT2D eigenvalue weighted by Crippen LogP contribution is -2.52. The molecular weight excluding hydrogens is 626 g/mol. The van der Waals surface area contributed by atoms with Gasteiger partial charge in [0, 0.05) is 49.2 Å². The van der Waals surface area contributed by atoms with Crippen molar-refractivity contribution < 1.29 is 19.1 Å². The molecule has 0 N–H and O–H groups in total. The van der Waals surface area contributed by atoms with Crippen LogP contribution in [-0.4, -0.2) is 64.5 Å². The summed E-state index contributed by atoms with van der Waals surface area (Å²) in [6, 6.07) is 10.8. The standard InChI is InChI=1S/C41H55N5O4/c1-28-24-44(25-28)38(48)50-34-10-7-30(8-11-34)37(47)45(33-13-20-42-35(22-33)31-23-43-46(26-31)39(3,4)5)27-40-14-17-41(18-15-40,19-16-40)32-9-12-36(49-6)29(2)21-32/h9,12-13,20-23,26,28,30,34H,7-8,10-11,14-19,24-25,27H2,1-6H3/t30-,34-,40?,41?. The van der Waals surface area contributed by atoms with Crippen molar-refractivity contribution in [3.63, 3.8) is 0 Å². The summed E-state index contributed by atoms with van der Waals surface area (Å²) in [6.45, 7) is 12.9. The van der Waals surface area contributed by atoms with Crippen LogP contribution < -0.4 is 9.64 Å². The minimum absolute atomic E-state index is 0.0839. The van der Waals surface area contributed by atoms with Crippen LogP contribution >= 0.6 is 0 Å². The molecule has 5 fully saturated rings. The molecule has 8 rings (SSSR count). The number of aromatic nitrogens is 3. The van der Waals surface area contributed by atoms with E-state index in [1.165, 1.54) is 11.1 Å². The quantitative estimate of drug-likeness (QED) is 0.238. The van der Waals surface area contributed by atoms with Gasteiger partial charge in [-0.05, 0) is 138 Å². The van der Waals surface area contributed by atoms with E-state index in [2.05, 4.69) is 68.9 Å². The molecule has 2 bridgehead atoms. The molecule has 268 valence electrons. The van der Waals surface area contributed by atoms with Crippen LogP contribution in [0.25, 0.3) is 11.3 Å². The number of carbonyl (C=O) groups is 2. The van der Waals surface area contributed by atoms with Crippen LogP contribution in [0.1, 0.15) is 103 Å². The van der Waals surface area contributed by atoms with Gasteiger partial charge in [-0.1, -0.05) is 19.1 Å². The third-order valence-electron chi connectivity index (χ3n) is 12.4. The molecule has 1 aromatic carbocycles. The first-order valence-corrected chi connectivity index (χ1v) is 18.8. The van der Waals surface area contributed by atoms with Gasteiger partial charge in [-0.15, -0.1) is 0 Å². The van der Waals surface area contributed by atoms with Gasteiger partial charge in [-0.2, -0.15) is 5.10 Å². The molecule has 3 aromatic rings. The molecule has 0 unspecified atom stereocenters. The molecule has 2 amide bonds. The van der Waals surface area contributed by atoms with Gasteiger partial charge in [-0.25, -0.2) is 4.79 Å². The highest BCUT2D eigenvalue weighted by Crippen LogP contribution is 2.58. The molecule has 0 spiro atoms. The van der Waals surface area contributed by atoms with Crippen molar-refractivity contribution in [3.05, 3.63) is 60.0 Å². The van der Waals surface area contributed by atoms with Crippen LogP contribution in [0.15, 0.2) is 48.9 Å². The molecule has 4 aliphatic carbocycles. The highest BCUT2D eigenvalue weighted by atomic mass is 16.6. The van der Waals surface area contributed by atoms with E-state index >= 15 is 0 Å². The second kappa shape index (κ2) is 13.3. The minimum Gasteiger partial charge on any atom is -0.496 e. The number of aryl methyl sites for hydroxylation is 1. The maximum absolute atomic E-state index is 14.7. The Morgan fingerprint density at radius 2 is 1.68 bits per heavy atom. The molecule has 2 aromatic heterocycles. The summed E-state index contributed by atoms with van der Waals surface area (Å²) in [5.41, 5.74) is 5.46. The highest BCUT2D eigenvalue weighted by Gasteiger charge is 2.51. The summed E-state index contributed by atoms with van der Waals surface area (Å²) >= 11 is 0. The van der Waals surface area contributed by atoms with Crippen LogP contribution in [0, 0.1) is 24.2 Å². The molecule has 50 heavy (non-hydrogen) atoms. The fourth-order valence-electron chi connectivity index (χ4n) is 9.05. The number of ether oxygens (including phenoxy) is 2. The van der Waals surface area contributed by atoms with Crippen molar-refractivity contribution in [3.8, 4) is 17.0 Å². The topological polar surface area (TPSA) is 89.8 Å². The zero-order chi connectivity index (χ0) is 35.3. The summed E-state index contributed by atoms with van der Waals surface area (Å²) < 4.78 is 13.4. The number of carbonyl (C=O) groups excluding carboxylic acids is 2. The van der Waals surface area contributed by atoms with Crippen LogP contribution in [-0.2, 0) is 20.5 Å². The lowest BCUT2D eigenvalue weighted by molar-refractivity contribution is -0.124. The number of likely N-dealkylation sites (tertiary alicyclic amines) is 1. The Hall–Kier alpha value is -3.88. The largest absolute Gasteiger partial charge is 0.496 e. The summed E-state index contributed by atoms with van der Waals surface area (Å²) in [5, 5.41) is 4.62. The van der Waals surface area contributed by atoms with E-state index in [0.717, 1.165) is 107 Å². The summed E-state index contributed by atoms with van der Waals surface area (Å²) in [4.78, 5) is 35.9. The maximum atomic E-state index is 14.7. The number of benzene rings is 1. The highest BCUT2D eigenvalue weighted by molar-refractivity contribution is 5.95. The second-order valence-corrected chi connectivity index (χ2v) is 17.0. The Kier molecular flexibility index (Phi) is 9.23. The average Bonchev–Trinajstić information content (AvgIpc) is 3.62. The molecule has 9 heteroatoms. The van der Waals surface area contributed by atoms with Crippen molar-refractivity contribution >= 4 is 17.7 Å². The van der Waals surface area contributed by atoms with E-state index in [-0.39, 0.29) is 40.4 Å². The van der Waals surface area contributed by atoms with Gasteiger partial charge in [0.05, 0.1) is 24.5 Å². The van der Waals surface area contributed by atoms with E-state index in [0.29, 0.717) is 5.92 Å². The van der Waals surface area contributed by atoms with E-state index in [4.69, 9.17) is 14.5 Å². The van der Waals surface area contributed by atoms with E-state index in [9.17, 15) is 9.59 Å². The summed E-state index contributed by atoms with van der Waals surface area (Å²) in [5.74, 6) is 1.58. The predicted molar refractivity (Wildman–Crippen MR) is 195 cm³/mol. The molecular formula is C41H55N5O4. The first-order valence-electron chi connectivity index (χ1n) is 18.8. The number of amides is 2. The number of fused-ring (bicyclic) bond motifs is 3. The smallest absolute Gasteiger partial charge is 0.410 e. The number of pyridine rings is 1. The molecule has 9 nitrogen and oxygen atoms in total. The van der Waals surface area contributed by atoms with Crippen LogP contribution in [0.5, 0.6) is 5.75 Å². The van der Waals surface area contributed by atoms with Crippen molar-refractivity contribution in [2.75, 3.05) is 31.6 Å². The number of methoxy groups -OCH3 is 1. The third kappa shape index (κ3) is 6.76. The number of anilines is 1. The van der Waals surface area contributed by atoms with Gasteiger partial charge in [-0.3, -0.25) is 14.5 Å². The predicted octanol–water partition coefficient (Wildman–Crippen LogP) is 8.29. The van der Waals surface area contributed by atoms with Gasteiger partial charge in [0.25, 0.3) is 0 Å². The maximum Gasteiger partial charge on any atom is 0.410 e. The zero-order valence-electron chi connectivity index (χ0n) is 30.9. The SMILES string of the molecule is COc1ccc(C23CCC(CN(c4ccnc(-c5cnn(C(C)(C)C)c5)c4)C(=O)[C@H]4CC[C@H](OC(=O)N5CC(C)C5)CC4)(CC2)CC3)cc1C. The lowest BCUT2D eigenvalue weighted by atomic mass is 9.51. The number of hydrogen-bond donors (Lipinski definition) is 0. The molecule has 0 radical (unpaired) electrons. The number of hydrogen-bond acceptors (Lipinski definition) is 6. The van der Waals surface area contributed by atoms with Crippen molar-refractivity contribution in [2.45, 2.75) is 116 Å². The molecule has 1 aliphatic heterocycles. The molecule has 4 saturated carbocycles.